The van der Waals surface area contributed by atoms with Crippen molar-refractivity contribution in [1.29, 1.82) is 0 Å². The van der Waals surface area contributed by atoms with Gasteiger partial charge in [-0.1, -0.05) is 23.7 Å². The Kier molecular flexibility index (Phi) is 7.96. The summed E-state index contributed by atoms with van der Waals surface area (Å²) in [6.07, 6.45) is 1.38. The molecule has 188 valence electrons. The molecule has 0 fully saturated rings. The van der Waals surface area contributed by atoms with Gasteiger partial charge in [-0.05, 0) is 54.1 Å². The Bertz CT molecular complexity index is 1500. The standard InChI is InChI=1S/C25H18ClN3O7S/c1-34-17-10-11-18-21(12-17)37-24(23(18)26)25(31)36-16-8-6-15(7-9-16)13-27-28-22(30)14-35-20-5-3-2-4-19(20)29(32)33/h2-13H,14H2,1H3,(H,28,30)/b27-13+. The lowest BCUT2D eigenvalue weighted by Gasteiger charge is -2.05. The molecule has 0 aliphatic heterocycles. The normalized spacial score (nSPS) is 10.9. The Labute approximate surface area is 219 Å². The van der Waals surface area contributed by atoms with Crippen LogP contribution in [-0.2, 0) is 4.79 Å². The maximum Gasteiger partial charge on any atom is 0.355 e. The van der Waals surface area contributed by atoms with Gasteiger partial charge in [0.25, 0.3) is 5.91 Å². The molecular weight excluding hydrogens is 522 g/mol. The number of para-hydroxylation sites is 2. The van der Waals surface area contributed by atoms with E-state index in [9.17, 15) is 19.7 Å². The van der Waals surface area contributed by atoms with Crippen molar-refractivity contribution < 1.29 is 28.7 Å². The summed E-state index contributed by atoms with van der Waals surface area (Å²) in [4.78, 5) is 35.3. The molecule has 4 aromatic rings. The molecule has 1 N–H and O–H groups in total. The Morgan fingerprint density at radius 3 is 2.57 bits per heavy atom. The second kappa shape index (κ2) is 11.5. The van der Waals surface area contributed by atoms with E-state index in [4.69, 9.17) is 25.8 Å². The molecule has 0 unspecified atom stereocenters. The van der Waals surface area contributed by atoms with Gasteiger partial charge in [0, 0.05) is 16.2 Å². The van der Waals surface area contributed by atoms with Crippen molar-refractivity contribution in [2.75, 3.05) is 13.7 Å². The number of halogens is 1. The van der Waals surface area contributed by atoms with E-state index in [1.165, 1.54) is 35.8 Å². The first-order chi connectivity index (χ1) is 17.9. The molecule has 4 rings (SSSR count). The van der Waals surface area contributed by atoms with Crippen LogP contribution in [0.4, 0.5) is 5.69 Å². The fourth-order valence-corrected chi connectivity index (χ4v) is 4.58. The van der Waals surface area contributed by atoms with Gasteiger partial charge in [-0.3, -0.25) is 14.9 Å². The van der Waals surface area contributed by atoms with Crippen LogP contribution in [-0.4, -0.2) is 36.7 Å². The van der Waals surface area contributed by atoms with E-state index in [1.807, 2.05) is 0 Å². The van der Waals surface area contributed by atoms with E-state index in [2.05, 4.69) is 10.5 Å². The predicted molar refractivity (Wildman–Crippen MR) is 139 cm³/mol. The van der Waals surface area contributed by atoms with Crippen molar-refractivity contribution in [3.63, 3.8) is 0 Å². The number of nitrogens with zero attached hydrogens (tertiary/aromatic N) is 2. The minimum atomic E-state index is -0.599. The zero-order valence-electron chi connectivity index (χ0n) is 19.2. The minimum Gasteiger partial charge on any atom is -0.497 e. The first-order valence-corrected chi connectivity index (χ1v) is 11.8. The highest BCUT2D eigenvalue weighted by atomic mass is 35.5. The summed E-state index contributed by atoms with van der Waals surface area (Å²) in [6.45, 7) is -0.454. The number of hydrogen-bond acceptors (Lipinski definition) is 9. The van der Waals surface area contributed by atoms with Crippen LogP contribution in [0.5, 0.6) is 17.2 Å². The van der Waals surface area contributed by atoms with E-state index in [0.717, 1.165) is 10.1 Å². The number of nitro groups is 1. The number of esters is 1. The number of carbonyl (C=O) groups is 2. The van der Waals surface area contributed by atoms with Crippen molar-refractivity contribution in [1.82, 2.24) is 5.43 Å². The summed E-state index contributed by atoms with van der Waals surface area (Å²) >= 11 is 7.59. The molecule has 0 saturated carbocycles. The molecule has 0 spiro atoms. The van der Waals surface area contributed by atoms with Gasteiger partial charge in [0.15, 0.2) is 12.4 Å². The second-order valence-corrected chi connectivity index (χ2v) is 8.80. The molecule has 3 aromatic carbocycles. The van der Waals surface area contributed by atoms with Crippen LogP contribution in [0.3, 0.4) is 0 Å². The Balaban J connectivity index is 1.31. The monoisotopic (exact) mass is 539 g/mol. The Morgan fingerprint density at radius 1 is 1.11 bits per heavy atom. The Morgan fingerprint density at radius 2 is 1.84 bits per heavy atom. The van der Waals surface area contributed by atoms with Gasteiger partial charge >= 0.3 is 11.7 Å². The lowest BCUT2D eigenvalue weighted by molar-refractivity contribution is -0.385. The number of carbonyl (C=O) groups excluding carboxylic acids is 2. The topological polar surface area (TPSA) is 129 Å². The quantitative estimate of drug-likeness (QED) is 0.101. The maximum atomic E-state index is 12.7. The van der Waals surface area contributed by atoms with Crippen LogP contribution in [0, 0.1) is 10.1 Å². The summed E-state index contributed by atoms with van der Waals surface area (Å²) < 4.78 is 16.7. The third kappa shape index (κ3) is 6.21. The number of ether oxygens (including phenoxy) is 3. The van der Waals surface area contributed by atoms with Gasteiger partial charge in [0.2, 0.25) is 0 Å². The van der Waals surface area contributed by atoms with Gasteiger partial charge in [0.05, 0.1) is 23.3 Å². The average molecular weight is 540 g/mol. The molecule has 12 heteroatoms. The number of benzene rings is 3. The smallest absolute Gasteiger partial charge is 0.355 e. The zero-order valence-corrected chi connectivity index (χ0v) is 20.7. The van der Waals surface area contributed by atoms with Crippen LogP contribution in [0.25, 0.3) is 10.1 Å². The number of rotatable bonds is 9. The lowest BCUT2D eigenvalue weighted by atomic mass is 10.2. The van der Waals surface area contributed by atoms with Crippen molar-refractivity contribution in [2.45, 2.75) is 0 Å². The van der Waals surface area contributed by atoms with Crippen LogP contribution in [0.2, 0.25) is 5.02 Å². The second-order valence-electron chi connectivity index (χ2n) is 7.37. The van der Waals surface area contributed by atoms with Crippen molar-refractivity contribution >= 4 is 56.8 Å². The number of fused-ring (bicyclic) bond motifs is 1. The summed E-state index contributed by atoms with van der Waals surface area (Å²) in [5, 5.41) is 15.9. The molecule has 0 saturated heterocycles. The fraction of sp³-hybridized carbons (Fsp3) is 0.0800. The molecule has 0 bridgehead atoms. The number of nitro benzene ring substituents is 1. The van der Waals surface area contributed by atoms with E-state index in [1.54, 1.807) is 55.6 Å². The van der Waals surface area contributed by atoms with E-state index in [0.29, 0.717) is 22.1 Å². The van der Waals surface area contributed by atoms with Crippen LogP contribution in [0.15, 0.2) is 71.8 Å². The number of hydrogen-bond donors (Lipinski definition) is 1. The molecule has 0 aliphatic carbocycles. The number of amides is 1. The predicted octanol–water partition coefficient (Wildman–Crippen LogP) is 5.22. The van der Waals surface area contributed by atoms with E-state index in [-0.39, 0.29) is 16.3 Å². The first-order valence-electron chi connectivity index (χ1n) is 10.6. The third-order valence-corrected chi connectivity index (χ3v) is 6.57. The molecule has 37 heavy (non-hydrogen) atoms. The van der Waals surface area contributed by atoms with Crippen molar-refractivity contribution in [3.05, 3.63) is 92.3 Å². The number of hydrazone groups is 1. The van der Waals surface area contributed by atoms with Gasteiger partial charge < -0.3 is 14.2 Å². The number of methoxy groups -OCH3 is 1. The largest absolute Gasteiger partial charge is 0.497 e. The highest BCUT2D eigenvalue weighted by Gasteiger charge is 2.20. The third-order valence-electron chi connectivity index (χ3n) is 4.94. The van der Waals surface area contributed by atoms with E-state index >= 15 is 0 Å². The number of nitrogens with one attached hydrogen (secondary N) is 1. The molecular formula is C25H18ClN3O7S. The van der Waals surface area contributed by atoms with Crippen LogP contribution >= 0.6 is 22.9 Å². The molecule has 1 amide bonds. The molecule has 0 aliphatic rings. The van der Waals surface area contributed by atoms with Crippen molar-refractivity contribution in [3.8, 4) is 17.2 Å². The van der Waals surface area contributed by atoms with Gasteiger partial charge in [-0.25, -0.2) is 10.2 Å². The maximum absolute atomic E-state index is 12.7. The zero-order chi connectivity index (χ0) is 26.4. The molecule has 0 atom stereocenters. The lowest BCUT2D eigenvalue weighted by Crippen LogP contribution is -2.24. The van der Waals surface area contributed by atoms with Gasteiger partial charge in [-0.15, -0.1) is 11.3 Å². The summed E-state index contributed by atoms with van der Waals surface area (Å²) in [7, 11) is 1.56. The summed E-state index contributed by atoms with van der Waals surface area (Å²) in [5.74, 6) is -0.245. The van der Waals surface area contributed by atoms with E-state index < -0.39 is 23.4 Å². The molecule has 1 aromatic heterocycles. The fourth-order valence-electron chi connectivity index (χ4n) is 3.16. The van der Waals surface area contributed by atoms with Crippen LogP contribution < -0.4 is 19.6 Å². The molecule has 10 nitrogen and oxygen atoms in total. The highest BCUT2D eigenvalue weighted by Crippen LogP contribution is 2.37. The summed E-state index contributed by atoms with van der Waals surface area (Å²) in [5.41, 5.74) is 2.65. The minimum absolute atomic E-state index is 0.0200. The average Bonchev–Trinajstić information content (AvgIpc) is 3.24. The Hall–Kier alpha value is -4.48. The summed E-state index contributed by atoms with van der Waals surface area (Å²) in [6, 6.07) is 17.5. The van der Waals surface area contributed by atoms with Gasteiger partial charge in [0.1, 0.15) is 16.4 Å². The van der Waals surface area contributed by atoms with Gasteiger partial charge in [-0.2, -0.15) is 5.10 Å². The van der Waals surface area contributed by atoms with Crippen molar-refractivity contribution in [2.24, 2.45) is 5.10 Å². The number of thiophene rings is 1. The SMILES string of the molecule is COc1ccc2c(Cl)c(C(=O)Oc3ccc(/C=N/NC(=O)COc4ccccc4[N+](=O)[O-])cc3)sc2c1. The molecule has 1 heterocycles. The first kappa shape index (κ1) is 25.6. The molecule has 0 radical (unpaired) electrons. The van der Waals surface area contributed by atoms with Crippen LogP contribution in [0.1, 0.15) is 15.2 Å². The highest BCUT2D eigenvalue weighted by molar-refractivity contribution is 7.21.